The molecule has 0 saturated heterocycles. The summed E-state index contributed by atoms with van der Waals surface area (Å²) in [5, 5.41) is 0. The number of carbonyl (C=O) groups is 1. The number of pyridine rings is 1. The third-order valence-electron chi connectivity index (χ3n) is 4.24. The van der Waals surface area contributed by atoms with Crippen molar-refractivity contribution in [3.8, 4) is 0 Å². The van der Waals surface area contributed by atoms with Crippen molar-refractivity contribution in [1.82, 2.24) is 9.38 Å². The van der Waals surface area contributed by atoms with E-state index in [1.54, 1.807) is 18.3 Å². The molecule has 0 aliphatic rings. The second kappa shape index (κ2) is 7.99. The van der Waals surface area contributed by atoms with Gasteiger partial charge in [-0.2, -0.15) is 0 Å². The van der Waals surface area contributed by atoms with Gasteiger partial charge in [-0.15, -0.1) is 0 Å². The van der Waals surface area contributed by atoms with Crippen molar-refractivity contribution in [3.63, 3.8) is 0 Å². The van der Waals surface area contributed by atoms with E-state index in [1.807, 2.05) is 37.3 Å². The van der Waals surface area contributed by atoms with E-state index in [4.69, 9.17) is 4.74 Å². The molecule has 3 aromatic rings. The summed E-state index contributed by atoms with van der Waals surface area (Å²) < 4.78 is 6.68. The molecule has 2 heterocycles. The summed E-state index contributed by atoms with van der Waals surface area (Å²) in [6, 6.07) is 13.1. The monoisotopic (exact) mass is 362 g/mol. The van der Waals surface area contributed by atoms with Gasteiger partial charge in [-0.1, -0.05) is 44.2 Å². The molecule has 27 heavy (non-hydrogen) atoms. The van der Waals surface area contributed by atoms with Crippen LogP contribution < -0.4 is 5.56 Å². The second-order valence-electron chi connectivity index (χ2n) is 6.78. The van der Waals surface area contributed by atoms with Crippen LogP contribution in [0.2, 0.25) is 0 Å². The number of carbonyl (C=O) groups excluding carboxylic acids is 1. The van der Waals surface area contributed by atoms with Crippen molar-refractivity contribution in [1.29, 1.82) is 0 Å². The molecule has 0 aliphatic carbocycles. The van der Waals surface area contributed by atoms with Crippen molar-refractivity contribution in [2.24, 2.45) is 0 Å². The molecule has 0 aliphatic heterocycles. The molecule has 0 fully saturated rings. The van der Waals surface area contributed by atoms with Gasteiger partial charge in [-0.3, -0.25) is 9.20 Å². The van der Waals surface area contributed by atoms with Gasteiger partial charge in [-0.05, 0) is 41.7 Å². The molecule has 138 valence electrons. The summed E-state index contributed by atoms with van der Waals surface area (Å²) in [4.78, 5) is 28.4. The lowest BCUT2D eigenvalue weighted by molar-refractivity contribution is -0.139. The van der Waals surface area contributed by atoms with Crippen LogP contribution >= 0.6 is 0 Å². The molecule has 5 nitrogen and oxygen atoms in total. The van der Waals surface area contributed by atoms with Gasteiger partial charge >= 0.3 is 5.97 Å². The largest absolute Gasteiger partial charge is 0.456 e. The van der Waals surface area contributed by atoms with E-state index in [2.05, 4.69) is 18.8 Å². The number of esters is 1. The molecule has 2 aromatic heterocycles. The predicted molar refractivity (Wildman–Crippen MR) is 106 cm³/mol. The Morgan fingerprint density at radius 1 is 1.19 bits per heavy atom. The fourth-order valence-electron chi connectivity index (χ4n) is 2.68. The first-order chi connectivity index (χ1) is 12.9. The van der Waals surface area contributed by atoms with Gasteiger partial charge < -0.3 is 4.74 Å². The minimum absolute atomic E-state index is 0.0466. The van der Waals surface area contributed by atoms with Crippen LogP contribution in [0.3, 0.4) is 0 Å². The predicted octanol–water partition coefficient (Wildman–Crippen LogP) is 3.88. The van der Waals surface area contributed by atoms with Crippen molar-refractivity contribution in [3.05, 3.63) is 87.5 Å². The Bertz CT molecular complexity index is 1050. The molecule has 3 rings (SSSR count). The first kappa shape index (κ1) is 18.6. The first-order valence-electron chi connectivity index (χ1n) is 8.86. The minimum atomic E-state index is -0.478. The Balaban J connectivity index is 1.64. The molecule has 0 atom stereocenters. The molecule has 0 amide bonds. The third kappa shape index (κ3) is 4.70. The molecule has 0 radical (unpaired) electrons. The number of aryl methyl sites for hydroxylation is 1. The molecular weight excluding hydrogens is 340 g/mol. The smallest absolute Gasteiger partial charge is 0.331 e. The van der Waals surface area contributed by atoms with Crippen molar-refractivity contribution < 1.29 is 9.53 Å². The number of hydrogen-bond acceptors (Lipinski definition) is 4. The Hall–Kier alpha value is -3.21. The molecule has 0 spiro atoms. The van der Waals surface area contributed by atoms with Gasteiger partial charge in [0.1, 0.15) is 12.3 Å². The Kier molecular flexibility index (Phi) is 5.50. The van der Waals surface area contributed by atoms with Gasteiger partial charge in [0, 0.05) is 18.3 Å². The first-order valence-corrected chi connectivity index (χ1v) is 8.86. The van der Waals surface area contributed by atoms with E-state index in [0.29, 0.717) is 17.3 Å². The zero-order chi connectivity index (χ0) is 19.4. The van der Waals surface area contributed by atoms with Gasteiger partial charge in [0.05, 0.1) is 5.69 Å². The highest BCUT2D eigenvalue weighted by Gasteiger charge is 2.05. The highest BCUT2D eigenvalue weighted by Crippen LogP contribution is 2.15. The quantitative estimate of drug-likeness (QED) is 0.510. The van der Waals surface area contributed by atoms with E-state index in [1.165, 1.54) is 22.1 Å². The molecular formula is C22H22N2O3. The average Bonchev–Trinajstić information content (AvgIpc) is 2.65. The van der Waals surface area contributed by atoms with E-state index in [0.717, 1.165) is 11.1 Å². The highest BCUT2D eigenvalue weighted by molar-refractivity contribution is 5.87. The van der Waals surface area contributed by atoms with E-state index in [-0.39, 0.29) is 12.2 Å². The summed E-state index contributed by atoms with van der Waals surface area (Å²) in [5.41, 5.74) is 3.90. The fourth-order valence-corrected chi connectivity index (χ4v) is 2.68. The van der Waals surface area contributed by atoms with Crippen LogP contribution in [-0.2, 0) is 16.1 Å². The van der Waals surface area contributed by atoms with Crippen LogP contribution in [0.4, 0.5) is 0 Å². The van der Waals surface area contributed by atoms with Crippen LogP contribution in [-0.4, -0.2) is 15.4 Å². The lowest BCUT2D eigenvalue weighted by Gasteiger charge is -2.06. The van der Waals surface area contributed by atoms with Crippen LogP contribution in [0.1, 0.15) is 42.1 Å². The normalized spacial score (nSPS) is 11.4. The summed E-state index contributed by atoms with van der Waals surface area (Å²) in [5.74, 6) is -0.00993. The maximum atomic E-state index is 12.2. The fraction of sp³-hybridized carbons (Fsp3) is 0.227. The molecule has 5 heteroatoms. The van der Waals surface area contributed by atoms with Crippen LogP contribution in [0.15, 0.2) is 59.5 Å². The van der Waals surface area contributed by atoms with E-state index in [9.17, 15) is 9.59 Å². The topological polar surface area (TPSA) is 60.7 Å². The van der Waals surface area contributed by atoms with Gasteiger partial charge in [0.15, 0.2) is 0 Å². The molecule has 0 saturated carbocycles. The average molecular weight is 362 g/mol. The summed E-state index contributed by atoms with van der Waals surface area (Å²) in [6.07, 6.45) is 4.81. The lowest BCUT2D eigenvalue weighted by Crippen LogP contribution is -2.16. The SMILES string of the molecule is Cc1ccc2nc(COC(=O)/C=C/c3ccc(C(C)C)cc3)cc(=O)n2c1. The Morgan fingerprint density at radius 2 is 1.93 bits per heavy atom. The number of ether oxygens (including phenoxy) is 1. The van der Waals surface area contributed by atoms with Crippen LogP contribution in [0, 0.1) is 6.92 Å². The van der Waals surface area contributed by atoms with Crippen LogP contribution in [0.5, 0.6) is 0 Å². The summed E-state index contributed by atoms with van der Waals surface area (Å²) in [6.45, 7) is 6.13. The molecule has 0 N–H and O–H groups in total. The lowest BCUT2D eigenvalue weighted by atomic mass is 10.0. The highest BCUT2D eigenvalue weighted by atomic mass is 16.5. The van der Waals surface area contributed by atoms with E-state index < -0.39 is 5.97 Å². The number of rotatable bonds is 5. The number of fused-ring (bicyclic) bond motifs is 1. The summed E-state index contributed by atoms with van der Waals surface area (Å²) in [7, 11) is 0. The number of nitrogens with zero attached hydrogens (tertiary/aromatic N) is 2. The Morgan fingerprint density at radius 3 is 2.63 bits per heavy atom. The molecule has 0 bridgehead atoms. The van der Waals surface area contributed by atoms with E-state index >= 15 is 0 Å². The number of benzene rings is 1. The van der Waals surface area contributed by atoms with Crippen molar-refractivity contribution >= 4 is 17.7 Å². The van der Waals surface area contributed by atoms with Gasteiger partial charge in [0.2, 0.25) is 0 Å². The maximum absolute atomic E-state index is 12.2. The standard InChI is InChI=1S/C22H22N2O3/c1-15(2)18-8-5-17(6-9-18)7-11-22(26)27-14-19-12-21(25)24-13-16(3)4-10-20(24)23-19/h4-13,15H,14H2,1-3H3/b11-7+. The van der Waals surface area contributed by atoms with Gasteiger partial charge in [-0.25, -0.2) is 9.78 Å². The molecule has 1 aromatic carbocycles. The minimum Gasteiger partial charge on any atom is -0.456 e. The Labute approximate surface area is 158 Å². The zero-order valence-electron chi connectivity index (χ0n) is 15.7. The third-order valence-corrected chi connectivity index (χ3v) is 4.24. The maximum Gasteiger partial charge on any atom is 0.331 e. The van der Waals surface area contributed by atoms with Crippen molar-refractivity contribution in [2.45, 2.75) is 33.3 Å². The molecule has 0 unspecified atom stereocenters. The zero-order valence-corrected chi connectivity index (χ0v) is 15.7. The second-order valence-corrected chi connectivity index (χ2v) is 6.78. The number of aromatic nitrogens is 2. The van der Waals surface area contributed by atoms with Gasteiger partial charge in [0.25, 0.3) is 5.56 Å². The van der Waals surface area contributed by atoms with Crippen molar-refractivity contribution in [2.75, 3.05) is 0 Å². The van der Waals surface area contributed by atoms with Crippen LogP contribution in [0.25, 0.3) is 11.7 Å². The number of hydrogen-bond donors (Lipinski definition) is 0. The summed E-state index contributed by atoms with van der Waals surface area (Å²) >= 11 is 0.